The zero-order chi connectivity index (χ0) is 15.1. The molecule has 0 heterocycles. The maximum atomic E-state index is 12.1. The molecule has 6 heteroatoms. The minimum Gasteiger partial charge on any atom is -0.369 e. The molecule has 6 nitrogen and oxygen atoms in total. The predicted octanol–water partition coefficient (Wildman–Crippen LogP) is 0.161. The summed E-state index contributed by atoms with van der Waals surface area (Å²) >= 11 is 0. The number of hydrogen-bond donors (Lipinski definition) is 3. The maximum Gasteiger partial charge on any atom is 0.255 e. The molecule has 110 valence electrons. The molecule has 0 aliphatic heterocycles. The second-order valence-corrected chi connectivity index (χ2v) is 5.11. The lowest BCUT2D eigenvalue weighted by Crippen LogP contribution is -2.47. The average Bonchev–Trinajstić information content (AvgIpc) is 2.38. The minimum atomic E-state index is -0.629. The Morgan fingerprint density at radius 3 is 2.30 bits per heavy atom. The van der Waals surface area contributed by atoms with Crippen LogP contribution >= 0.6 is 0 Å². The van der Waals surface area contributed by atoms with Crippen LogP contribution in [0.3, 0.4) is 0 Å². The number of nitrogens with zero attached hydrogens (tertiary/aromatic N) is 1. The van der Waals surface area contributed by atoms with Gasteiger partial charge >= 0.3 is 0 Å². The first-order valence-electron chi connectivity index (χ1n) is 6.53. The van der Waals surface area contributed by atoms with Crippen LogP contribution in [-0.4, -0.2) is 29.8 Å². The van der Waals surface area contributed by atoms with Gasteiger partial charge in [-0.05, 0) is 11.5 Å². The summed E-state index contributed by atoms with van der Waals surface area (Å²) in [6, 6.07) is 8.56. The van der Waals surface area contributed by atoms with Gasteiger partial charge in [-0.15, -0.1) is 0 Å². The number of carbonyl (C=O) groups excluding carboxylic acids is 2. The summed E-state index contributed by atoms with van der Waals surface area (Å²) in [6.07, 6.45) is 0. The van der Waals surface area contributed by atoms with Gasteiger partial charge in [-0.2, -0.15) is 0 Å². The van der Waals surface area contributed by atoms with Crippen molar-refractivity contribution in [3.05, 3.63) is 35.9 Å². The number of rotatable bonds is 7. The number of hydrazine groups is 1. The fourth-order valence-electron chi connectivity index (χ4n) is 2.17. The first-order chi connectivity index (χ1) is 9.45. The molecule has 1 unspecified atom stereocenters. The van der Waals surface area contributed by atoms with E-state index in [4.69, 9.17) is 11.6 Å². The van der Waals surface area contributed by atoms with Crippen LogP contribution in [0.25, 0.3) is 0 Å². The number of nitrogens with one attached hydrogen (secondary N) is 1. The summed E-state index contributed by atoms with van der Waals surface area (Å²) < 4.78 is 0. The number of benzene rings is 1. The lowest BCUT2D eigenvalue weighted by molar-refractivity contribution is -0.128. The molecular formula is C14H22N4O2. The monoisotopic (exact) mass is 278 g/mol. The molecule has 20 heavy (non-hydrogen) atoms. The molecule has 2 amide bonds. The highest BCUT2D eigenvalue weighted by molar-refractivity contribution is 5.84. The van der Waals surface area contributed by atoms with Crippen molar-refractivity contribution in [1.29, 1.82) is 0 Å². The predicted molar refractivity (Wildman–Crippen MR) is 77.1 cm³/mol. The van der Waals surface area contributed by atoms with Crippen LogP contribution in [-0.2, 0) is 9.59 Å². The Morgan fingerprint density at radius 1 is 1.25 bits per heavy atom. The Hall–Kier alpha value is -1.92. The van der Waals surface area contributed by atoms with E-state index in [-0.39, 0.29) is 18.4 Å². The Morgan fingerprint density at radius 2 is 1.85 bits per heavy atom. The summed E-state index contributed by atoms with van der Waals surface area (Å²) in [7, 11) is 0. The van der Waals surface area contributed by atoms with Gasteiger partial charge in [0.1, 0.15) is 6.04 Å². The molecule has 0 aliphatic rings. The van der Waals surface area contributed by atoms with E-state index in [1.807, 2.05) is 44.2 Å². The first-order valence-corrected chi connectivity index (χ1v) is 6.53. The quantitative estimate of drug-likeness (QED) is 0.375. The van der Waals surface area contributed by atoms with Crippen LogP contribution in [0.4, 0.5) is 0 Å². The number of primary amides is 1. The van der Waals surface area contributed by atoms with Crippen LogP contribution in [0.1, 0.15) is 25.5 Å². The van der Waals surface area contributed by atoms with Crippen molar-refractivity contribution >= 4 is 11.8 Å². The number of amides is 2. The van der Waals surface area contributed by atoms with Gasteiger partial charge in [-0.25, -0.2) is 5.84 Å². The summed E-state index contributed by atoms with van der Waals surface area (Å²) in [4.78, 5) is 25.1. The Labute approximate surface area is 119 Å². The van der Waals surface area contributed by atoms with Crippen molar-refractivity contribution in [2.75, 3.05) is 13.1 Å². The zero-order valence-electron chi connectivity index (χ0n) is 11.9. The molecule has 0 fully saturated rings. The van der Waals surface area contributed by atoms with Crippen molar-refractivity contribution in [2.24, 2.45) is 17.5 Å². The third-order valence-corrected chi connectivity index (χ3v) is 2.83. The van der Waals surface area contributed by atoms with Crippen molar-refractivity contribution in [1.82, 2.24) is 10.3 Å². The molecule has 0 saturated heterocycles. The SMILES string of the molecule is CC(C)CN(CC(N)=O)C(C(=O)NN)c1ccccc1. The minimum absolute atomic E-state index is 0.00512. The fraction of sp³-hybridized carbons (Fsp3) is 0.429. The molecule has 0 radical (unpaired) electrons. The lowest BCUT2D eigenvalue weighted by atomic mass is 10.0. The van der Waals surface area contributed by atoms with Crippen molar-refractivity contribution < 1.29 is 9.59 Å². The van der Waals surface area contributed by atoms with Crippen molar-refractivity contribution in [3.8, 4) is 0 Å². The average molecular weight is 278 g/mol. The topological polar surface area (TPSA) is 101 Å². The van der Waals surface area contributed by atoms with Gasteiger partial charge in [0.2, 0.25) is 5.91 Å². The highest BCUT2D eigenvalue weighted by Crippen LogP contribution is 2.21. The lowest BCUT2D eigenvalue weighted by Gasteiger charge is -2.30. The third kappa shape index (κ3) is 4.64. The molecule has 5 N–H and O–H groups in total. The van der Waals surface area contributed by atoms with E-state index in [0.29, 0.717) is 6.54 Å². The van der Waals surface area contributed by atoms with Crippen LogP contribution in [0.2, 0.25) is 0 Å². The molecule has 0 aromatic heterocycles. The molecular weight excluding hydrogens is 256 g/mol. The van der Waals surface area contributed by atoms with Gasteiger partial charge in [-0.3, -0.25) is 19.9 Å². The van der Waals surface area contributed by atoms with Gasteiger partial charge in [0.25, 0.3) is 5.91 Å². The number of hydrogen-bond acceptors (Lipinski definition) is 4. The number of carbonyl (C=O) groups is 2. The normalized spacial score (nSPS) is 12.4. The number of nitrogens with two attached hydrogens (primary N) is 2. The maximum absolute atomic E-state index is 12.1. The van der Waals surface area contributed by atoms with Crippen molar-refractivity contribution in [3.63, 3.8) is 0 Å². The molecule has 1 aromatic carbocycles. The first kappa shape index (κ1) is 16.1. The Bertz CT molecular complexity index is 448. The summed E-state index contributed by atoms with van der Waals surface area (Å²) in [5.74, 6) is 4.71. The molecule has 1 atom stereocenters. The van der Waals surface area contributed by atoms with E-state index in [1.165, 1.54) is 0 Å². The highest BCUT2D eigenvalue weighted by Gasteiger charge is 2.28. The largest absolute Gasteiger partial charge is 0.369 e. The second-order valence-electron chi connectivity index (χ2n) is 5.11. The van der Waals surface area contributed by atoms with Gasteiger partial charge in [0.05, 0.1) is 6.54 Å². The Balaban J connectivity index is 3.10. The molecule has 1 rings (SSSR count). The van der Waals surface area contributed by atoms with E-state index in [1.54, 1.807) is 4.90 Å². The van der Waals surface area contributed by atoms with Crippen molar-refractivity contribution in [2.45, 2.75) is 19.9 Å². The van der Waals surface area contributed by atoms with Gasteiger partial charge in [0.15, 0.2) is 0 Å². The molecule has 0 spiro atoms. The van der Waals surface area contributed by atoms with E-state index < -0.39 is 11.9 Å². The molecule has 0 saturated carbocycles. The molecule has 1 aromatic rings. The molecule has 0 bridgehead atoms. The van der Waals surface area contributed by atoms with E-state index in [9.17, 15) is 9.59 Å². The zero-order valence-corrected chi connectivity index (χ0v) is 11.9. The van der Waals surface area contributed by atoms with Crippen LogP contribution < -0.4 is 17.0 Å². The van der Waals surface area contributed by atoms with E-state index in [0.717, 1.165) is 5.56 Å². The van der Waals surface area contributed by atoms with Gasteiger partial charge in [-0.1, -0.05) is 44.2 Å². The van der Waals surface area contributed by atoms with Crippen LogP contribution in [0.5, 0.6) is 0 Å². The summed E-state index contributed by atoms with van der Waals surface area (Å²) in [5, 5.41) is 0. The summed E-state index contributed by atoms with van der Waals surface area (Å²) in [6.45, 7) is 4.59. The standard InChI is InChI=1S/C14H22N4O2/c1-10(2)8-18(9-12(15)19)13(14(20)17-16)11-6-4-3-5-7-11/h3-7,10,13H,8-9,16H2,1-2H3,(H2,15,19)(H,17,20). The van der Waals surface area contributed by atoms with Gasteiger partial charge in [0, 0.05) is 6.54 Å². The third-order valence-electron chi connectivity index (χ3n) is 2.83. The summed E-state index contributed by atoms with van der Waals surface area (Å²) in [5.41, 5.74) is 8.22. The van der Waals surface area contributed by atoms with E-state index >= 15 is 0 Å². The van der Waals surface area contributed by atoms with Gasteiger partial charge < -0.3 is 5.73 Å². The molecule has 0 aliphatic carbocycles. The Kier molecular flexibility index (Phi) is 6.14. The van der Waals surface area contributed by atoms with Crippen LogP contribution in [0, 0.1) is 5.92 Å². The highest BCUT2D eigenvalue weighted by atomic mass is 16.2. The van der Waals surface area contributed by atoms with Crippen LogP contribution in [0.15, 0.2) is 30.3 Å². The van der Waals surface area contributed by atoms with E-state index in [2.05, 4.69) is 5.43 Å². The fourth-order valence-corrected chi connectivity index (χ4v) is 2.17. The smallest absolute Gasteiger partial charge is 0.255 e. The second kappa shape index (κ2) is 7.62.